The van der Waals surface area contributed by atoms with Crippen LogP contribution in [-0.2, 0) is 13.0 Å². The topological polar surface area (TPSA) is 88.1 Å². The first-order chi connectivity index (χ1) is 14.2. The Morgan fingerprint density at radius 1 is 1.03 bits per heavy atom. The first kappa shape index (κ1) is 19.1. The fourth-order valence-electron chi connectivity index (χ4n) is 3.00. The highest BCUT2D eigenvalue weighted by molar-refractivity contribution is 7.99. The third-order valence-electron chi connectivity index (χ3n) is 4.53. The number of benzene rings is 2. The summed E-state index contributed by atoms with van der Waals surface area (Å²) in [5, 5.41) is 0.583. The van der Waals surface area contributed by atoms with Gasteiger partial charge < -0.3 is 19.8 Å². The van der Waals surface area contributed by atoms with Crippen molar-refractivity contribution in [3.05, 3.63) is 60.4 Å². The monoisotopic (exact) mass is 407 g/mol. The minimum absolute atomic E-state index is 0.368. The van der Waals surface area contributed by atoms with Crippen LogP contribution in [0.3, 0.4) is 0 Å². The fourth-order valence-corrected chi connectivity index (χ4v) is 3.89. The van der Waals surface area contributed by atoms with Crippen LogP contribution in [0.15, 0.2) is 64.9 Å². The van der Waals surface area contributed by atoms with Crippen LogP contribution >= 0.6 is 11.8 Å². The van der Waals surface area contributed by atoms with Crippen molar-refractivity contribution in [2.75, 3.05) is 20.0 Å². The molecule has 0 fully saturated rings. The van der Waals surface area contributed by atoms with Gasteiger partial charge in [0.05, 0.1) is 25.4 Å². The first-order valence-corrected chi connectivity index (χ1v) is 9.91. The van der Waals surface area contributed by atoms with Crippen LogP contribution in [0.5, 0.6) is 11.5 Å². The van der Waals surface area contributed by atoms with Gasteiger partial charge in [-0.25, -0.2) is 15.0 Å². The second-order valence-corrected chi connectivity index (χ2v) is 7.37. The van der Waals surface area contributed by atoms with Crippen LogP contribution in [0.4, 0.5) is 5.82 Å². The number of nitrogens with zero attached hydrogens (tertiary/aromatic N) is 4. The molecule has 29 heavy (non-hydrogen) atoms. The lowest BCUT2D eigenvalue weighted by atomic mass is 10.1. The summed E-state index contributed by atoms with van der Waals surface area (Å²) in [5.41, 5.74) is 7.91. The number of methoxy groups -OCH3 is 2. The van der Waals surface area contributed by atoms with E-state index < -0.39 is 0 Å². The first-order valence-electron chi connectivity index (χ1n) is 9.10. The zero-order valence-electron chi connectivity index (χ0n) is 16.2. The van der Waals surface area contributed by atoms with E-state index in [-0.39, 0.29) is 0 Å². The summed E-state index contributed by atoms with van der Waals surface area (Å²) in [6.45, 7) is 0.735. The lowest BCUT2D eigenvalue weighted by molar-refractivity contribution is 0.394. The van der Waals surface area contributed by atoms with Gasteiger partial charge in [0.1, 0.15) is 11.5 Å². The molecular weight excluding hydrogens is 386 g/mol. The average molecular weight is 407 g/mol. The predicted octanol–water partition coefficient (Wildman–Crippen LogP) is 3.77. The van der Waals surface area contributed by atoms with Crippen LogP contribution in [0.25, 0.3) is 11.5 Å². The molecule has 2 heterocycles. The van der Waals surface area contributed by atoms with Crippen LogP contribution in [-0.4, -0.2) is 33.7 Å². The molecule has 2 aromatic carbocycles. The number of rotatable bonds is 7. The average Bonchev–Trinajstić information content (AvgIpc) is 3.18. The van der Waals surface area contributed by atoms with E-state index in [0.717, 1.165) is 35.2 Å². The number of nitrogen functional groups attached to an aromatic ring is 1. The lowest BCUT2D eigenvalue weighted by Gasteiger charge is -2.11. The van der Waals surface area contributed by atoms with Gasteiger partial charge in [0, 0.05) is 6.54 Å². The molecule has 148 valence electrons. The normalized spacial score (nSPS) is 11.0. The number of hydrogen-bond acceptors (Lipinski definition) is 7. The van der Waals surface area contributed by atoms with Crippen molar-refractivity contribution < 1.29 is 9.47 Å². The Morgan fingerprint density at radius 3 is 2.62 bits per heavy atom. The highest BCUT2D eigenvalue weighted by atomic mass is 32.2. The standard InChI is InChI=1S/C21H21N5O2S/c1-27-15-8-9-16(28-2)17(12-15)29-21-24-18-19(22)23-13-26(20(18)25-21)11-10-14-6-4-3-5-7-14/h3-9,12-13H,10-11,22H2,1-2H3. The van der Waals surface area contributed by atoms with E-state index in [1.807, 2.05) is 41.0 Å². The number of nitrogens with two attached hydrogens (primary N) is 1. The Bertz CT molecular complexity index is 1080. The maximum atomic E-state index is 6.06. The Kier molecular flexibility index (Phi) is 5.53. The molecule has 0 amide bonds. The predicted molar refractivity (Wildman–Crippen MR) is 113 cm³/mol. The number of imidazole rings is 1. The van der Waals surface area contributed by atoms with Gasteiger partial charge in [-0.3, -0.25) is 0 Å². The fraction of sp³-hybridized carbons (Fsp3) is 0.190. The second kappa shape index (κ2) is 8.40. The number of hydrogen-bond donors (Lipinski definition) is 1. The van der Waals surface area contributed by atoms with Crippen LogP contribution in [0.2, 0.25) is 0 Å². The summed E-state index contributed by atoms with van der Waals surface area (Å²) in [5.74, 6) is 2.56. The third-order valence-corrected chi connectivity index (χ3v) is 5.43. The van der Waals surface area contributed by atoms with Crippen LogP contribution in [0, 0.1) is 0 Å². The molecule has 2 N–H and O–H groups in total. The summed E-state index contributed by atoms with van der Waals surface area (Å²) in [6, 6.07) is 15.9. The van der Waals surface area contributed by atoms with Gasteiger partial charge in [-0.05, 0) is 41.9 Å². The van der Waals surface area contributed by atoms with Gasteiger partial charge in [-0.2, -0.15) is 0 Å². The minimum atomic E-state index is 0.368. The van der Waals surface area contributed by atoms with Gasteiger partial charge >= 0.3 is 0 Å². The Hall–Kier alpha value is -3.26. The van der Waals surface area contributed by atoms with Crippen molar-refractivity contribution in [1.82, 2.24) is 19.5 Å². The minimum Gasteiger partial charge on any atom is -0.497 e. The summed E-state index contributed by atoms with van der Waals surface area (Å²) in [7, 11) is 3.26. The van der Waals surface area contributed by atoms with E-state index in [1.165, 1.54) is 17.3 Å². The summed E-state index contributed by atoms with van der Waals surface area (Å²) < 4.78 is 12.8. The van der Waals surface area contributed by atoms with Crippen molar-refractivity contribution >= 4 is 17.6 Å². The SMILES string of the molecule is COc1ccc(OC)c(Sc2nc3c(N)ncn(CCc4ccccc4)c-3n2)c1. The number of fused-ring (bicyclic) bond motifs is 1. The van der Waals surface area contributed by atoms with Gasteiger partial charge in [-0.1, -0.05) is 30.3 Å². The number of ether oxygens (including phenoxy) is 2. The summed E-state index contributed by atoms with van der Waals surface area (Å²) in [6.07, 6.45) is 2.58. The third kappa shape index (κ3) is 4.12. The molecular formula is C21H21N5O2S. The highest BCUT2D eigenvalue weighted by Gasteiger charge is 2.20. The Labute approximate surface area is 173 Å². The zero-order valence-corrected chi connectivity index (χ0v) is 17.0. The smallest absolute Gasteiger partial charge is 0.195 e. The lowest BCUT2D eigenvalue weighted by Crippen LogP contribution is -2.09. The molecule has 0 saturated heterocycles. The summed E-state index contributed by atoms with van der Waals surface area (Å²) in [4.78, 5) is 14.5. The highest BCUT2D eigenvalue weighted by Crippen LogP contribution is 2.38. The van der Waals surface area contributed by atoms with E-state index in [0.29, 0.717) is 16.7 Å². The number of anilines is 1. The van der Waals surface area contributed by atoms with E-state index in [4.69, 9.17) is 20.2 Å². The Morgan fingerprint density at radius 2 is 1.86 bits per heavy atom. The van der Waals surface area contributed by atoms with Gasteiger partial charge in [0.25, 0.3) is 0 Å². The molecule has 0 radical (unpaired) electrons. The molecule has 2 aliphatic heterocycles. The molecule has 8 heteroatoms. The van der Waals surface area contributed by atoms with Crippen molar-refractivity contribution in [2.24, 2.45) is 0 Å². The van der Waals surface area contributed by atoms with Crippen molar-refractivity contribution in [3.8, 4) is 23.0 Å². The molecule has 2 aromatic rings. The molecule has 0 bridgehead atoms. The van der Waals surface area contributed by atoms with Crippen molar-refractivity contribution in [3.63, 3.8) is 0 Å². The largest absolute Gasteiger partial charge is 0.497 e. The van der Waals surface area contributed by atoms with E-state index >= 15 is 0 Å². The molecule has 0 spiro atoms. The van der Waals surface area contributed by atoms with Crippen LogP contribution < -0.4 is 15.2 Å². The molecule has 4 rings (SSSR count). The second-order valence-electron chi connectivity index (χ2n) is 6.36. The maximum absolute atomic E-state index is 6.06. The van der Waals surface area contributed by atoms with E-state index in [1.54, 1.807) is 20.5 Å². The van der Waals surface area contributed by atoms with Gasteiger partial charge in [0.15, 0.2) is 22.5 Å². The number of aryl methyl sites for hydroxylation is 2. The van der Waals surface area contributed by atoms with Crippen molar-refractivity contribution in [1.29, 1.82) is 0 Å². The molecule has 7 nitrogen and oxygen atoms in total. The molecule has 0 saturated carbocycles. The molecule has 0 atom stereocenters. The van der Waals surface area contributed by atoms with Crippen molar-refractivity contribution in [2.45, 2.75) is 23.0 Å². The zero-order chi connectivity index (χ0) is 20.2. The molecule has 0 aliphatic carbocycles. The van der Waals surface area contributed by atoms with Gasteiger partial charge in [0.2, 0.25) is 0 Å². The molecule has 2 aliphatic rings. The van der Waals surface area contributed by atoms with E-state index in [9.17, 15) is 0 Å². The Balaban J connectivity index is 1.63. The van der Waals surface area contributed by atoms with Crippen LogP contribution in [0.1, 0.15) is 5.56 Å². The molecule has 0 aromatic heterocycles. The molecule has 0 unspecified atom stereocenters. The quantitative estimate of drug-likeness (QED) is 0.499. The van der Waals surface area contributed by atoms with E-state index in [2.05, 4.69) is 22.1 Å². The van der Waals surface area contributed by atoms with Gasteiger partial charge in [-0.15, -0.1) is 0 Å². The summed E-state index contributed by atoms with van der Waals surface area (Å²) >= 11 is 1.40. The number of aromatic nitrogens is 4. The maximum Gasteiger partial charge on any atom is 0.195 e.